The number of phenols is 1. The summed E-state index contributed by atoms with van der Waals surface area (Å²) in [5.41, 5.74) is 7.64. The second-order valence-corrected chi connectivity index (χ2v) is 3.61. The molecular weight excluding hydrogens is 190 g/mol. The quantitative estimate of drug-likeness (QED) is 0.740. The second-order valence-electron chi connectivity index (χ2n) is 3.61. The molecule has 1 aromatic rings. The first-order valence-corrected chi connectivity index (χ1v) is 5.15. The van der Waals surface area contributed by atoms with Crippen molar-refractivity contribution >= 4 is 5.78 Å². The summed E-state index contributed by atoms with van der Waals surface area (Å²) in [5.74, 6) is 0.309. The van der Waals surface area contributed by atoms with Crippen LogP contribution in [0.15, 0.2) is 12.1 Å². The highest BCUT2D eigenvalue weighted by atomic mass is 16.3. The molecule has 0 atom stereocenters. The minimum Gasteiger partial charge on any atom is -0.508 e. The molecule has 0 bridgehead atoms. The number of carbonyl (C=O) groups excluding carboxylic acids is 1. The predicted molar refractivity (Wildman–Crippen MR) is 60.2 cm³/mol. The van der Waals surface area contributed by atoms with Crippen molar-refractivity contribution in [2.45, 2.75) is 26.7 Å². The molecule has 3 heteroatoms. The zero-order valence-corrected chi connectivity index (χ0v) is 9.21. The highest BCUT2D eigenvalue weighted by molar-refractivity contribution is 5.97. The van der Waals surface area contributed by atoms with Gasteiger partial charge in [-0.2, -0.15) is 0 Å². The lowest BCUT2D eigenvalue weighted by Gasteiger charge is -2.08. The molecule has 0 unspecified atom stereocenters. The Kier molecular flexibility index (Phi) is 3.86. The van der Waals surface area contributed by atoms with Gasteiger partial charge in [-0.25, -0.2) is 0 Å². The molecule has 3 nitrogen and oxygen atoms in total. The van der Waals surface area contributed by atoms with E-state index in [9.17, 15) is 9.90 Å². The van der Waals surface area contributed by atoms with Crippen molar-refractivity contribution in [1.82, 2.24) is 0 Å². The summed E-state index contributed by atoms with van der Waals surface area (Å²) >= 11 is 0. The summed E-state index contributed by atoms with van der Waals surface area (Å²) in [6, 6.07) is 3.41. The van der Waals surface area contributed by atoms with Gasteiger partial charge >= 0.3 is 0 Å². The van der Waals surface area contributed by atoms with Crippen LogP contribution in [0.25, 0.3) is 0 Å². The molecule has 0 fully saturated rings. The van der Waals surface area contributed by atoms with Gasteiger partial charge in [-0.1, -0.05) is 6.92 Å². The van der Waals surface area contributed by atoms with Crippen LogP contribution in [0.5, 0.6) is 5.75 Å². The van der Waals surface area contributed by atoms with Crippen LogP contribution in [-0.4, -0.2) is 17.4 Å². The van der Waals surface area contributed by atoms with E-state index in [2.05, 4.69) is 0 Å². The highest BCUT2D eigenvalue weighted by Crippen LogP contribution is 2.23. The van der Waals surface area contributed by atoms with E-state index >= 15 is 0 Å². The number of phenolic OH excluding ortho intramolecular Hbond substituents is 1. The monoisotopic (exact) mass is 207 g/mol. The van der Waals surface area contributed by atoms with E-state index in [-0.39, 0.29) is 11.5 Å². The van der Waals surface area contributed by atoms with Gasteiger partial charge in [0.2, 0.25) is 0 Å². The Morgan fingerprint density at radius 1 is 1.47 bits per heavy atom. The number of aromatic hydroxyl groups is 1. The van der Waals surface area contributed by atoms with Gasteiger partial charge < -0.3 is 10.8 Å². The van der Waals surface area contributed by atoms with E-state index in [0.29, 0.717) is 18.5 Å². The number of benzene rings is 1. The van der Waals surface area contributed by atoms with Gasteiger partial charge in [0.1, 0.15) is 5.75 Å². The molecule has 3 N–H and O–H groups in total. The minimum absolute atomic E-state index is 0.0460. The molecule has 1 rings (SSSR count). The number of hydrogen-bond donors (Lipinski definition) is 2. The van der Waals surface area contributed by atoms with Crippen molar-refractivity contribution in [3.05, 3.63) is 28.8 Å². The van der Waals surface area contributed by atoms with Gasteiger partial charge in [0.25, 0.3) is 0 Å². The molecule has 0 aliphatic rings. The van der Waals surface area contributed by atoms with Gasteiger partial charge in [0.05, 0.1) is 0 Å². The molecule has 0 spiro atoms. The van der Waals surface area contributed by atoms with Crippen LogP contribution in [0.2, 0.25) is 0 Å². The summed E-state index contributed by atoms with van der Waals surface area (Å²) in [7, 11) is 0. The fourth-order valence-corrected chi connectivity index (χ4v) is 1.59. The van der Waals surface area contributed by atoms with Gasteiger partial charge in [-0.15, -0.1) is 0 Å². The maximum absolute atomic E-state index is 11.7. The van der Waals surface area contributed by atoms with Gasteiger partial charge in [-0.3, -0.25) is 4.79 Å². The lowest BCUT2D eigenvalue weighted by atomic mass is 9.98. The van der Waals surface area contributed by atoms with Crippen LogP contribution in [-0.2, 0) is 6.42 Å². The van der Waals surface area contributed by atoms with E-state index in [4.69, 9.17) is 5.73 Å². The van der Waals surface area contributed by atoms with Crippen molar-refractivity contribution in [3.63, 3.8) is 0 Å². The molecule has 15 heavy (non-hydrogen) atoms. The number of aryl methyl sites for hydroxylation is 2. The maximum atomic E-state index is 11.7. The molecular formula is C12H17NO2. The van der Waals surface area contributed by atoms with Crippen molar-refractivity contribution in [2.75, 3.05) is 6.54 Å². The molecule has 0 aliphatic heterocycles. The molecule has 0 aliphatic carbocycles. The molecule has 1 aromatic carbocycles. The highest BCUT2D eigenvalue weighted by Gasteiger charge is 2.11. The van der Waals surface area contributed by atoms with Crippen LogP contribution < -0.4 is 5.73 Å². The SMILES string of the molecule is CCc1cc(C(=O)CCN)c(C)cc1O. The maximum Gasteiger partial charge on any atom is 0.164 e. The average molecular weight is 207 g/mol. The van der Waals surface area contributed by atoms with E-state index in [0.717, 1.165) is 17.5 Å². The Morgan fingerprint density at radius 2 is 2.13 bits per heavy atom. The first-order chi connectivity index (χ1) is 7.10. The van der Waals surface area contributed by atoms with E-state index in [1.54, 1.807) is 12.1 Å². The third kappa shape index (κ3) is 2.57. The molecule has 0 heterocycles. The molecule has 0 radical (unpaired) electrons. The topological polar surface area (TPSA) is 63.3 Å². The molecule has 0 aromatic heterocycles. The zero-order chi connectivity index (χ0) is 11.4. The Balaban J connectivity index is 3.12. The normalized spacial score (nSPS) is 10.3. The van der Waals surface area contributed by atoms with Gasteiger partial charge in [0.15, 0.2) is 5.78 Å². The minimum atomic E-state index is 0.0460. The second kappa shape index (κ2) is 4.94. The fourth-order valence-electron chi connectivity index (χ4n) is 1.59. The van der Waals surface area contributed by atoms with Crippen molar-refractivity contribution in [3.8, 4) is 5.75 Å². The summed E-state index contributed by atoms with van der Waals surface area (Å²) in [6.07, 6.45) is 1.07. The van der Waals surface area contributed by atoms with E-state index < -0.39 is 0 Å². The molecule has 0 saturated carbocycles. The Labute approximate surface area is 89.9 Å². The smallest absolute Gasteiger partial charge is 0.164 e. The lowest BCUT2D eigenvalue weighted by Crippen LogP contribution is -2.09. The zero-order valence-electron chi connectivity index (χ0n) is 9.21. The van der Waals surface area contributed by atoms with Crippen LogP contribution >= 0.6 is 0 Å². The predicted octanol–water partition coefficient (Wildman–Crippen LogP) is 1.79. The summed E-state index contributed by atoms with van der Waals surface area (Å²) < 4.78 is 0. The Morgan fingerprint density at radius 3 is 2.67 bits per heavy atom. The Hall–Kier alpha value is -1.35. The van der Waals surface area contributed by atoms with E-state index in [1.807, 2.05) is 13.8 Å². The van der Waals surface area contributed by atoms with Gasteiger partial charge in [-0.05, 0) is 43.1 Å². The Bertz CT molecular complexity index is 372. The molecule has 82 valence electrons. The summed E-state index contributed by atoms with van der Waals surface area (Å²) in [5, 5.41) is 9.59. The number of ketones is 1. The fraction of sp³-hybridized carbons (Fsp3) is 0.417. The number of rotatable bonds is 4. The van der Waals surface area contributed by atoms with Crippen molar-refractivity contribution in [2.24, 2.45) is 5.73 Å². The third-order valence-electron chi connectivity index (χ3n) is 2.48. The molecule has 0 amide bonds. The summed E-state index contributed by atoms with van der Waals surface area (Å²) in [4.78, 5) is 11.7. The van der Waals surface area contributed by atoms with E-state index in [1.165, 1.54) is 0 Å². The summed E-state index contributed by atoms with van der Waals surface area (Å²) in [6.45, 7) is 4.13. The first-order valence-electron chi connectivity index (χ1n) is 5.15. The largest absolute Gasteiger partial charge is 0.508 e. The van der Waals surface area contributed by atoms with Crippen molar-refractivity contribution in [1.29, 1.82) is 0 Å². The van der Waals surface area contributed by atoms with Crippen LogP contribution in [0, 0.1) is 6.92 Å². The van der Waals surface area contributed by atoms with Crippen LogP contribution in [0.3, 0.4) is 0 Å². The lowest BCUT2D eigenvalue weighted by molar-refractivity contribution is 0.0985. The van der Waals surface area contributed by atoms with Crippen molar-refractivity contribution < 1.29 is 9.90 Å². The van der Waals surface area contributed by atoms with Gasteiger partial charge in [0, 0.05) is 12.0 Å². The standard InChI is InChI=1S/C12H17NO2/c1-3-9-7-10(11(14)4-5-13)8(2)6-12(9)15/h6-7,15H,3-5,13H2,1-2H3. The number of carbonyl (C=O) groups is 1. The average Bonchev–Trinajstić information content (AvgIpc) is 2.18. The first kappa shape index (κ1) is 11.7. The number of nitrogens with two attached hydrogens (primary N) is 1. The van der Waals surface area contributed by atoms with Crippen LogP contribution in [0.4, 0.5) is 0 Å². The van der Waals surface area contributed by atoms with Crippen LogP contribution in [0.1, 0.15) is 34.8 Å². The molecule has 0 saturated heterocycles. The number of hydrogen-bond acceptors (Lipinski definition) is 3. The number of Topliss-reactive ketones (excluding diaryl/α,β-unsaturated/α-hetero) is 1. The third-order valence-corrected chi connectivity index (χ3v) is 2.48.